The lowest BCUT2D eigenvalue weighted by atomic mass is 10.2. The van der Waals surface area contributed by atoms with Gasteiger partial charge in [0.25, 0.3) is 0 Å². The Balaban J connectivity index is 1.83. The zero-order chi connectivity index (χ0) is 18.8. The van der Waals surface area contributed by atoms with E-state index >= 15 is 0 Å². The average molecular weight is 362 g/mol. The number of nitrogens with zero attached hydrogens (tertiary/aromatic N) is 3. The minimum atomic E-state index is 0.184. The first-order valence-electron chi connectivity index (χ1n) is 9.76. The second kappa shape index (κ2) is 11.0. The number of hydrogen-bond acceptors (Lipinski definition) is 4. The maximum Gasteiger partial charge on any atom is 0.191 e. The summed E-state index contributed by atoms with van der Waals surface area (Å²) in [7, 11) is 2.13. The Bertz CT molecular complexity index is 563. The monoisotopic (exact) mass is 361 g/mol. The summed E-state index contributed by atoms with van der Waals surface area (Å²) >= 11 is 0. The molecule has 0 spiro atoms. The fraction of sp³-hybridized carbons (Fsp3) is 0.650. The maximum atomic E-state index is 5.79. The first kappa shape index (κ1) is 20.5. The third-order valence-electron chi connectivity index (χ3n) is 4.56. The summed E-state index contributed by atoms with van der Waals surface area (Å²) in [5.74, 6) is 0.865. The van der Waals surface area contributed by atoms with Crippen LogP contribution < -0.4 is 15.5 Å². The van der Waals surface area contributed by atoms with Crippen molar-refractivity contribution in [2.75, 3.05) is 64.4 Å². The van der Waals surface area contributed by atoms with Crippen molar-refractivity contribution < 1.29 is 4.74 Å². The highest BCUT2D eigenvalue weighted by Crippen LogP contribution is 2.14. The molecule has 1 atom stereocenters. The Kier molecular flexibility index (Phi) is 8.71. The van der Waals surface area contributed by atoms with Gasteiger partial charge in [0.2, 0.25) is 0 Å². The third kappa shape index (κ3) is 6.84. The molecule has 1 saturated heterocycles. The van der Waals surface area contributed by atoms with E-state index < -0.39 is 0 Å². The summed E-state index contributed by atoms with van der Waals surface area (Å²) in [6.07, 6.45) is 0.184. The van der Waals surface area contributed by atoms with Crippen molar-refractivity contribution in [1.82, 2.24) is 15.5 Å². The highest BCUT2D eigenvalue weighted by Gasteiger charge is 2.17. The molecule has 1 heterocycles. The molecule has 1 aromatic carbocycles. The zero-order valence-corrected chi connectivity index (χ0v) is 16.8. The van der Waals surface area contributed by atoms with Crippen LogP contribution in [0.5, 0.6) is 0 Å². The van der Waals surface area contributed by atoms with Gasteiger partial charge >= 0.3 is 0 Å². The van der Waals surface area contributed by atoms with Crippen LogP contribution in [0.4, 0.5) is 5.69 Å². The number of rotatable bonds is 8. The Labute approximate surface area is 158 Å². The van der Waals surface area contributed by atoms with E-state index in [4.69, 9.17) is 9.73 Å². The summed E-state index contributed by atoms with van der Waals surface area (Å²) in [4.78, 5) is 9.38. The van der Waals surface area contributed by atoms with Gasteiger partial charge in [0.05, 0.1) is 19.3 Å². The predicted octanol–water partition coefficient (Wildman–Crippen LogP) is 1.71. The summed E-state index contributed by atoms with van der Waals surface area (Å²) in [6.45, 7) is 13.5. The first-order valence-corrected chi connectivity index (χ1v) is 9.76. The van der Waals surface area contributed by atoms with E-state index in [9.17, 15) is 0 Å². The number of aryl methyl sites for hydroxylation is 1. The number of benzene rings is 1. The fourth-order valence-corrected chi connectivity index (χ4v) is 3.12. The van der Waals surface area contributed by atoms with Crippen molar-refractivity contribution in [3.05, 3.63) is 29.8 Å². The van der Waals surface area contributed by atoms with E-state index in [2.05, 4.69) is 72.5 Å². The lowest BCUT2D eigenvalue weighted by molar-refractivity contribution is -0.0136. The SMILES string of the molecule is CCNC(=NCC1CN(C)CCO1)NCCN(CC)c1cccc(C)c1. The van der Waals surface area contributed by atoms with Crippen molar-refractivity contribution in [2.24, 2.45) is 4.99 Å². The molecule has 0 saturated carbocycles. The van der Waals surface area contributed by atoms with Gasteiger partial charge in [0.15, 0.2) is 5.96 Å². The minimum absolute atomic E-state index is 0.184. The maximum absolute atomic E-state index is 5.79. The van der Waals surface area contributed by atoms with Gasteiger partial charge in [0.1, 0.15) is 0 Å². The summed E-state index contributed by atoms with van der Waals surface area (Å²) in [5, 5.41) is 6.77. The van der Waals surface area contributed by atoms with E-state index in [1.165, 1.54) is 11.3 Å². The van der Waals surface area contributed by atoms with Gasteiger partial charge < -0.3 is 25.2 Å². The average Bonchev–Trinajstić information content (AvgIpc) is 2.63. The Hall–Kier alpha value is -1.79. The van der Waals surface area contributed by atoms with Crippen LogP contribution in [0, 0.1) is 6.92 Å². The van der Waals surface area contributed by atoms with Crippen LogP contribution in [0.3, 0.4) is 0 Å². The van der Waals surface area contributed by atoms with E-state index in [-0.39, 0.29) is 6.10 Å². The smallest absolute Gasteiger partial charge is 0.191 e. The van der Waals surface area contributed by atoms with Crippen molar-refractivity contribution in [3.8, 4) is 0 Å². The standard InChI is InChI=1S/C20H35N5O/c1-5-21-20(23-15-19-16-24(4)12-13-26-19)22-10-11-25(6-2)18-9-7-8-17(3)14-18/h7-9,14,19H,5-6,10-13,15-16H2,1-4H3,(H2,21,22,23). The minimum Gasteiger partial charge on any atom is -0.374 e. The van der Waals surface area contributed by atoms with Crippen molar-refractivity contribution in [2.45, 2.75) is 26.9 Å². The molecule has 1 aliphatic heterocycles. The largest absolute Gasteiger partial charge is 0.374 e. The van der Waals surface area contributed by atoms with Crippen molar-refractivity contribution in [3.63, 3.8) is 0 Å². The molecular weight excluding hydrogens is 326 g/mol. The highest BCUT2D eigenvalue weighted by molar-refractivity contribution is 5.79. The number of likely N-dealkylation sites (N-methyl/N-ethyl adjacent to an activating group) is 2. The quantitative estimate of drug-likeness (QED) is 0.545. The van der Waals surface area contributed by atoms with Crippen molar-refractivity contribution >= 4 is 11.6 Å². The van der Waals surface area contributed by atoms with E-state index in [1.54, 1.807) is 0 Å². The van der Waals surface area contributed by atoms with Gasteiger partial charge in [0, 0.05) is 45.0 Å². The normalized spacial score (nSPS) is 18.6. The molecule has 0 aliphatic carbocycles. The number of aliphatic imine (C=N–C) groups is 1. The molecule has 0 aromatic heterocycles. The summed E-state index contributed by atoms with van der Waals surface area (Å²) in [5.41, 5.74) is 2.57. The van der Waals surface area contributed by atoms with Gasteiger partial charge in [-0.2, -0.15) is 0 Å². The molecule has 1 unspecified atom stereocenters. The van der Waals surface area contributed by atoms with Crippen LogP contribution in [-0.2, 0) is 4.74 Å². The molecule has 6 heteroatoms. The van der Waals surface area contributed by atoms with Crippen LogP contribution in [0.2, 0.25) is 0 Å². The number of morpholine rings is 1. The molecular formula is C20H35N5O. The fourth-order valence-electron chi connectivity index (χ4n) is 3.12. The summed E-state index contributed by atoms with van der Waals surface area (Å²) in [6, 6.07) is 8.66. The third-order valence-corrected chi connectivity index (χ3v) is 4.56. The number of guanidine groups is 1. The number of anilines is 1. The molecule has 1 aromatic rings. The van der Waals surface area contributed by atoms with Crippen LogP contribution >= 0.6 is 0 Å². The number of hydrogen-bond donors (Lipinski definition) is 2. The molecule has 2 N–H and O–H groups in total. The van der Waals surface area contributed by atoms with Crippen LogP contribution in [0.25, 0.3) is 0 Å². The lowest BCUT2D eigenvalue weighted by Crippen LogP contribution is -2.44. The molecule has 1 aliphatic rings. The van der Waals surface area contributed by atoms with Gasteiger partial charge in [-0.1, -0.05) is 12.1 Å². The van der Waals surface area contributed by atoms with Gasteiger partial charge in [-0.15, -0.1) is 0 Å². The van der Waals surface area contributed by atoms with Crippen molar-refractivity contribution in [1.29, 1.82) is 0 Å². The Morgan fingerprint density at radius 1 is 1.35 bits per heavy atom. The molecule has 0 bridgehead atoms. The molecule has 0 radical (unpaired) electrons. The first-order chi connectivity index (χ1) is 12.6. The molecule has 146 valence electrons. The van der Waals surface area contributed by atoms with Crippen LogP contribution in [-0.4, -0.2) is 76.4 Å². The van der Waals surface area contributed by atoms with E-state index in [0.717, 1.165) is 51.8 Å². The molecule has 2 rings (SSSR count). The number of nitrogens with one attached hydrogen (secondary N) is 2. The summed E-state index contributed by atoms with van der Waals surface area (Å²) < 4.78 is 5.79. The van der Waals surface area contributed by atoms with Crippen LogP contribution in [0.1, 0.15) is 19.4 Å². The molecule has 0 amide bonds. The van der Waals surface area contributed by atoms with E-state index in [0.29, 0.717) is 6.54 Å². The predicted molar refractivity (Wildman–Crippen MR) is 110 cm³/mol. The Morgan fingerprint density at radius 3 is 2.88 bits per heavy atom. The van der Waals surface area contributed by atoms with E-state index in [1.807, 2.05) is 0 Å². The zero-order valence-electron chi connectivity index (χ0n) is 16.8. The molecule has 6 nitrogen and oxygen atoms in total. The molecule has 1 fully saturated rings. The van der Waals surface area contributed by atoms with Crippen LogP contribution in [0.15, 0.2) is 29.3 Å². The van der Waals surface area contributed by atoms with Gasteiger partial charge in [-0.25, -0.2) is 0 Å². The second-order valence-electron chi connectivity index (χ2n) is 6.82. The molecule has 26 heavy (non-hydrogen) atoms. The Morgan fingerprint density at radius 2 is 2.19 bits per heavy atom. The van der Waals surface area contributed by atoms with Gasteiger partial charge in [-0.05, 0) is 45.5 Å². The number of ether oxygens (including phenoxy) is 1. The topological polar surface area (TPSA) is 52.1 Å². The van der Waals surface area contributed by atoms with Gasteiger partial charge in [-0.3, -0.25) is 4.99 Å². The lowest BCUT2D eigenvalue weighted by Gasteiger charge is -2.29. The highest BCUT2D eigenvalue weighted by atomic mass is 16.5. The second-order valence-corrected chi connectivity index (χ2v) is 6.82.